The molecule has 0 radical (unpaired) electrons. The highest BCUT2D eigenvalue weighted by Crippen LogP contribution is 2.13. The third-order valence-electron chi connectivity index (χ3n) is 2.88. The quantitative estimate of drug-likeness (QED) is 0.866. The van der Waals surface area contributed by atoms with Gasteiger partial charge in [-0.15, -0.1) is 0 Å². The highest BCUT2D eigenvalue weighted by atomic mass is 32.2. The Balaban J connectivity index is 2.14. The van der Waals surface area contributed by atoms with Crippen LogP contribution in [0, 0.1) is 13.8 Å². The lowest BCUT2D eigenvalue weighted by molar-refractivity contribution is 0.281. The third-order valence-corrected chi connectivity index (χ3v) is 4.28. The maximum absolute atomic E-state index is 12.1. The van der Waals surface area contributed by atoms with Gasteiger partial charge in [0, 0.05) is 0 Å². The molecule has 1 aromatic heterocycles. The van der Waals surface area contributed by atoms with Crippen LogP contribution in [0.3, 0.4) is 0 Å². The van der Waals surface area contributed by atoms with Crippen LogP contribution < -0.4 is 4.72 Å². The number of hydrogen-bond acceptors (Lipinski definition) is 5. The lowest BCUT2D eigenvalue weighted by Crippen LogP contribution is -2.23. The Morgan fingerprint density at radius 3 is 2.70 bits per heavy atom. The van der Waals surface area contributed by atoms with Gasteiger partial charge in [-0.3, -0.25) is 0 Å². The molecule has 0 fully saturated rings. The SMILES string of the molecule is Cc1nc(CNS(=O)(=O)c2cccc(CO)c2)oc1C. The van der Waals surface area contributed by atoms with E-state index in [9.17, 15) is 8.42 Å². The van der Waals surface area contributed by atoms with E-state index in [1.807, 2.05) is 0 Å². The first-order chi connectivity index (χ1) is 9.42. The second-order valence-corrected chi connectivity index (χ2v) is 6.15. The van der Waals surface area contributed by atoms with Crippen LogP contribution in [0.4, 0.5) is 0 Å². The summed E-state index contributed by atoms with van der Waals surface area (Å²) in [6.45, 7) is 3.34. The van der Waals surface area contributed by atoms with Crippen molar-refractivity contribution in [3.8, 4) is 0 Å². The average Bonchev–Trinajstić information content (AvgIpc) is 2.76. The standard InChI is InChI=1S/C13H16N2O4S/c1-9-10(2)19-13(15-9)7-14-20(17,18)12-5-3-4-11(6-12)8-16/h3-6,14,16H,7-8H2,1-2H3. The van der Waals surface area contributed by atoms with Gasteiger partial charge in [0.1, 0.15) is 5.76 Å². The fraction of sp³-hybridized carbons (Fsp3) is 0.308. The Kier molecular flexibility index (Phi) is 4.22. The van der Waals surface area contributed by atoms with Gasteiger partial charge in [-0.1, -0.05) is 12.1 Å². The Labute approximate surface area is 117 Å². The van der Waals surface area contributed by atoms with E-state index in [4.69, 9.17) is 9.52 Å². The molecule has 0 bridgehead atoms. The van der Waals surface area contributed by atoms with Gasteiger partial charge < -0.3 is 9.52 Å². The highest BCUT2D eigenvalue weighted by Gasteiger charge is 2.16. The molecule has 7 heteroatoms. The lowest BCUT2D eigenvalue weighted by atomic mass is 10.2. The van der Waals surface area contributed by atoms with Gasteiger partial charge >= 0.3 is 0 Å². The molecule has 20 heavy (non-hydrogen) atoms. The number of oxazole rings is 1. The van der Waals surface area contributed by atoms with Crippen LogP contribution in [-0.2, 0) is 23.2 Å². The van der Waals surface area contributed by atoms with E-state index in [1.54, 1.807) is 26.0 Å². The Bertz CT molecular complexity index is 687. The van der Waals surface area contributed by atoms with Crippen molar-refractivity contribution in [2.75, 3.05) is 0 Å². The average molecular weight is 296 g/mol. The number of sulfonamides is 1. The first-order valence-electron chi connectivity index (χ1n) is 6.05. The number of aryl methyl sites for hydroxylation is 2. The summed E-state index contributed by atoms with van der Waals surface area (Å²) < 4.78 is 31.9. The summed E-state index contributed by atoms with van der Waals surface area (Å²) >= 11 is 0. The van der Waals surface area contributed by atoms with Crippen LogP contribution >= 0.6 is 0 Å². The molecule has 0 aliphatic carbocycles. The van der Waals surface area contributed by atoms with E-state index in [0.717, 1.165) is 5.69 Å². The van der Waals surface area contributed by atoms with Crippen molar-refractivity contribution in [3.63, 3.8) is 0 Å². The number of nitrogens with zero attached hydrogens (tertiary/aromatic N) is 1. The van der Waals surface area contributed by atoms with Crippen molar-refractivity contribution < 1.29 is 17.9 Å². The zero-order valence-corrected chi connectivity index (χ0v) is 12.1. The zero-order chi connectivity index (χ0) is 14.8. The number of benzene rings is 1. The molecule has 108 valence electrons. The molecule has 6 nitrogen and oxygen atoms in total. The van der Waals surface area contributed by atoms with Crippen LogP contribution in [0.5, 0.6) is 0 Å². The minimum atomic E-state index is -3.66. The molecular formula is C13H16N2O4S. The predicted molar refractivity (Wildman–Crippen MR) is 72.4 cm³/mol. The van der Waals surface area contributed by atoms with Gasteiger partial charge in [0.05, 0.1) is 23.7 Å². The second-order valence-electron chi connectivity index (χ2n) is 4.38. The number of hydrogen-bond donors (Lipinski definition) is 2. The fourth-order valence-electron chi connectivity index (χ4n) is 1.67. The molecule has 0 amide bonds. The molecule has 0 spiro atoms. The second kappa shape index (κ2) is 5.74. The van der Waals surface area contributed by atoms with Crippen molar-refractivity contribution >= 4 is 10.0 Å². The Morgan fingerprint density at radius 1 is 1.35 bits per heavy atom. The van der Waals surface area contributed by atoms with Gasteiger partial charge in [-0.05, 0) is 31.5 Å². The number of aromatic nitrogens is 1. The first-order valence-corrected chi connectivity index (χ1v) is 7.53. The summed E-state index contributed by atoms with van der Waals surface area (Å²) in [5.41, 5.74) is 1.28. The van der Waals surface area contributed by atoms with E-state index >= 15 is 0 Å². The molecule has 0 atom stereocenters. The summed E-state index contributed by atoms with van der Waals surface area (Å²) in [6, 6.07) is 6.13. The molecule has 1 heterocycles. The van der Waals surface area contributed by atoms with Crippen molar-refractivity contribution in [1.82, 2.24) is 9.71 Å². The summed E-state index contributed by atoms with van der Waals surface area (Å²) in [5, 5.41) is 9.03. The number of rotatable bonds is 5. The number of nitrogens with one attached hydrogen (secondary N) is 1. The maximum atomic E-state index is 12.1. The lowest BCUT2D eigenvalue weighted by Gasteiger charge is -2.06. The van der Waals surface area contributed by atoms with Gasteiger partial charge in [0.25, 0.3) is 0 Å². The normalized spacial score (nSPS) is 11.8. The van der Waals surface area contributed by atoms with Crippen LogP contribution in [0.1, 0.15) is 22.9 Å². The molecule has 0 aliphatic rings. The number of aliphatic hydroxyl groups is 1. The summed E-state index contributed by atoms with van der Waals surface area (Å²) in [6.07, 6.45) is 0. The van der Waals surface area contributed by atoms with Crippen LogP contribution in [0.2, 0.25) is 0 Å². The highest BCUT2D eigenvalue weighted by molar-refractivity contribution is 7.89. The summed E-state index contributed by atoms with van der Waals surface area (Å²) in [4.78, 5) is 4.21. The molecule has 2 N–H and O–H groups in total. The van der Waals surface area contributed by atoms with Gasteiger partial charge in [-0.2, -0.15) is 0 Å². The summed E-state index contributed by atoms with van der Waals surface area (Å²) in [7, 11) is -3.66. The van der Waals surface area contributed by atoms with E-state index < -0.39 is 10.0 Å². The van der Waals surface area contributed by atoms with Gasteiger partial charge in [0.2, 0.25) is 15.9 Å². The first kappa shape index (κ1) is 14.7. The smallest absolute Gasteiger partial charge is 0.241 e. The maximum Gasteiger partial charge on any atom is 0.241 e. The van der Waals surface area contributed by atoms with E-state index in [-0.39, 0.29) is 18.0 Å². The molecule has 0 saturated carbocycles. The number of aliphatic hydroxyl groups excluding tert-OH is 1. The molecule has 1 aromatic carbocycles. The third kappa shape index (κ3) is 3.24. The van der Waals surface area contributed by atoms with Crippen molar-refractivity contribution in [3.05, 3.63) is 47.2 Å². The molecular weight excluding hydrogens is 280 g/mol. The molecule has 0 saturated heterocycles. The van der Waals surface area contributed by atoms with Gasteiger partial charge in [0.15, 0.2) is 0 Å². The Hall–Kier alpha value is -1.70. The Morgan fingerprint density at radius 2 is 2.10 bits per heavy atom. The monoisotopic (exact) mass is 296 g/mol. The molecule has 2 rings (SSSR count). The van der Waals surface area contributed by atoms with Crippen molar-refractivity contribution in [2.45, 2.75) is 31.9 Å². The van der Waals surface area contributed by atoms with E-state index in [2.05, 4.69) is 9.71 Å². The van der Waals surface area contributed by atoms with Gasteiger partial charge in [-0.25, -0.2) is 18.1 Å². The van der Waals surface area contributed by atoms with Crippen LogP contribution in [-0.4, -0.2) is 18.5 Å². The topological polar surface area (TPSA) is 92.4 Å². The van der Waals surface area contributed by atoms with Crippen LogP contribution in [0.25, 0.3) is 0 Å². The van der Waals surface area contributed by atoms with E-state index in [1.165, 1.54) is 12.1 Å². The summed E-state index contributed by atoms with van der Waals surface area (Å²) in [5.74, 6) is 0.989. The minimum absolute atomic E-state index is 0.0135. The van der Waals surface area contributed by atoms with Crippen LogP contribution in [0.15, 0.2) is 33.6 Å². The fourth-order valence-corrected chi connectivity index (χ4v) is 2.71. The predicted octanol–water partition coefficient (Wildman–Crippen LogP) is 1.26. The van der Waals surface area contributed by atoms with Crippen molar-refractivity contribution in [1.29, 1.82) is 0 Å². The largest absolute Gasteiger partial charge is 0.444 e. The van der Waals surface area contributed by atoms with E-state index in [0.29, 0.717) is 17.2 Å². The minimum Gasteiger partial charge on any atom is -0.444 e. The molecule has 0 unspecified atom stereocenters. The molecule has 2 aromatic rings. The zero-order valence-electron chi connectivity index (χ0n) is 11.3. The van der Waals surface area contributed by atoms with Crippen molar-refractivity contribution in [2.24, 2.45) is 0 Å². The molecule has 0 aliphatic heterocycles.